The Hall–Kier alpha value is -2.78. The normalized spacial score (nSPS) is 18.5. The van der Waals surface area contributed by atoms with Gasteiger partial charge in [0, 0.05) is 39.3 Å². The highest BCUT2D eigenvalue weighted by molar-refractivity contribution is 5.81. The monoisotopic (exact) mass is 394 g/mol. The Bertz CT molecular complexity index is 976. The number of benzene rings is 1. The lowest BCUT2D eigenvalue weighted by atomic mass is 10.2. The molecule has 152 valence electrons. The highest BCUT2D eigenvalue weighted by atomic mass is 16.5. The van der Waals surface area contributed by atoms with E-state index in [4.69, 9.17) is 14.7 Å². The summed E-state index contributed by atoms with van der Waals surface area (Å²) in [6.07, 6.45) is 0. The summed E-state index contributed by atoms with van der Waals surface area (Å²) < 4.78 is 5.54. The quantitative estimate of drug-likeness (QED) is 0.707. The van der Waals surface area contributed by atoms with Crippen LogP contribution < -0.4 is 9.80 Å². The number of morpholine rings is 1. The number of para-hydroxylation sites is 2. The zero-order valence-corrected chi connectivity index (χ0v) is 16.7. The highest BCUT2D eigenvalue weighted by Crippen LogP contribution is 2.29. The van der Waals surface area contributed by atoms with Gasteiger partial charge in [-0.2, -0.15) is 5.10 Å². The Labute approximate surface area is 169 Å². The molecule has 0 amide bonds. The highest BCUT2D eigenvalue weighted by Gasteiger charge is 2.25. The zero-order valence-electron chi connectivity index (χ0n) is 16.7. The van der Waals surface area contributed by atoms with Crippen molar-refractivity contribution in [2.24, 2.45) is 0 Å². The molecule has 29 heavy (non-hydrogen) atoms. The van der Waals surface area contributed by atoms with Gasteiger partial charge in [0.1, 0.15) is 5.82 Å². The van der Waals surface area contributed by atoms with E-state index in [1.165, 1.54) is 0 Å². The molecule has 3 aromatic rings. The maximum Gasteiger partial charge on any atom is 0.172 e. The molecular weight excluding hydrogens is 368 g/mol. The first-order valence-corrected chi connectivity index (χ1v) is 10.2. The maximum atomic E-state index is 5.54. The predicted molar refractivity (Wildman–Crippen MR) is 111 cm³/mol. The minimum atomic E-state index is 0.734. The second-order valence-electron chi connectivity index (χ2n) is 7.56. The van der Waals surface area contributed by atoms with Gasteiger partial charge in [-0.1, -0.05) is 12.1 Å². The van der Waals surface area contributed by atoms with Crippen LogP contribution >= 0.6 is 0 Å². The second-order valence-corrected chi connectivity index (χ2v) is 7.56. The van der Waals surface area contributed by atoms with Crippen LogP contribution in [0.15, 0.2) is 24.3 Å². The third kappa shape index (κ3) is 3.88. The number of fused-ring (bicyclic) bond motifs is 1. The van der Waals surface area contributed by atoms with Crippen molar-refractivity contribution in [3.63, 3.8) is 0 Å². The van der Waals surface area contributed by atoms with Gasteiger partial charge < -0.3 is 14.5 Å². The van der Waals surface area contributed by atoms with Crippen LogP contribution in [-0.4, -0.2) is 82.5 Å². The third-order valence-corrected chi connectivity index (χ3v) is 5.53. The summed E-state index contributed by atoms with van der Waals surface area (Å²) in [6.45, 7) is 9.60. The summed E-state index contributed by atoms with van der Waals surface area (Å²) in [4.78, 5) is 21.5. The van der Waals surface area contributed by atoms with Crippen molar-refractivity contribution in [3.8, 4) is 0 Å². The van der Waals surface area contributed by atoms with Crippen LogP contribution in [0.25, 0.3) is 11.0 Å². The van der Waals surface area contributed by atoms with Crippen molar-refractivity contribution in [1.82, 2.24) is 30.0 Å². The van der Waals surface area contributed by atoms with Crippen LogP contribution in [0.1, 0.15) is 11.6 Å². The number of anilines is 2. The molecule has 2 fully saturated rings. The number of nitrogens with one attached hydrogen (secondary N) is 1. The van der Waals surface area contributed by atoms with Crippen LogP contribution in [0, 0.1) is 6.92 Å². The fraction of sp³-hybridized carbons (Fsp3) is 0.500. The van der Waals surface area contributed by atoms with E-state index >= 15 is 0 Å². The number of rotatable bonds is 4. The second kappa shape index (κ2) is 7.92. The van der Waals surface area contributed by atoms with Gasteiger partial charge >= 0.3 is 0 Å². The Balaban J connectivity index is 1.37. The van der Waals surface area contributed by atoms with Crippen molar-refractivity contribution in [3.05, 3.63) is 35.9 Å². The number of aromatic nitrogens is 5. The van der Waals surface area contributed by atoms with Gasteiger partial charge in [-0.05, 0) is 19.1 Å². The van der Waals surface area contributed by atoms with Crippen LogP contribution in [0.3, 0.4) is 0 Å². The first-order chi connectivity index (χ1) is 14.3. The largest absolute Gasteiger partial charge is 0.378 e. The van der Waals surface area contributed by atoms with E-state index in [9.17, 15) is 0 Å². The molecule has 1 aromatic carbocycles. The number of aryl methyl sites for hydroxylation is 1. The summed E-state index contributed by atoms with van der Waals surface area (Å²) in [7, 11) is 0. The van der Waals surface area contributed by atoms with Gasteiger partial charge in [0.05, 0.1) is 30.8 Å². The predicted octanol–water partition coefficient (Wildman–Crippen LogP) is 1.22. The molecule has 0 radical (unpaired) electrons. The summed E-state index contributed by atoms with van der Waals surface area (Å²) in [5.74, 6) is 3.68. The summed E-state index contributed by atoms with van der Waals surface area (Å²) in [5.41, 5.74) is 1.88. The SMILES string of the molecule is Cc1nc(CN2CCN(c3nc4ccccc4nc3N3CCOCC3)CC2)n[nH]1. The molecule has 1 N–H and O–H groups in total. The number of aromatic amines is 1. The molecule has 0 saturated carbocycles. The van der Waals surface area contributed by atoms with Crippen LogP contribution in [0.4, 0.5) is 11.6 Å². The van der Waals surface area contributed by atoms with E-state index in [1.54, 1.807) is 0 Å². The fourth-order valence-electron chi connectivity index (χ4n) is 3.96. The molecule has 0 aliphatic carbocycles. The first kappa shape index (κ1) is 18.3. The van der Waals surface area contributed by atoms with Gasteiger partial charge in [-0.25, -0.2) is 15.0 Å². The number of piperazine rings is 1. The first-order valence-electron chi connectivity index (χ1n) is 10.2. The van der Waals surface area contributed by atoms with Crippen molar-refractivity contribution < 1.29 is 4.74 Å². The molecule has 2 aromatic heterocycles. The fourth-order valence-corrected chi connectivity index (χ4v) is 3.96. The van der Waals surface area contributed by atoms with Crippen molar-refractivity contribution in [2.45, 2.75) is 13.5 Å². The average Bonchev–Trinajstić information content (AvgIpc) is 3.18. The van der Waals surface area contributed by atoms with Crippen molar-refractivity contribution >= 4 is 22.7 Å². The smallest absolute Gasteiger partial charge is 0.172 e. The average molecular weight is 394 g/mol. The zero-order chi connectivity index (χ0) is 19.6. The van der Waals surface area contributed by atoms with E-state index in [0.717, 1.165) is 93.3 Å². The van der Waals surface area contributed by atoms with Crippen molar-refractivity contribution in [1.29, 1.82) is 0 Å². The molecule has 0 unspecified atom stereocenters. The molecule has 4 heterocycles. The molecule has 2 aliphatic heterocycles. The summed E-state index contributed by atoms with van der Waals surface area (Å²) in [6, 6.07) is 8.11. The molecule has 2 aliphatic rings. The Kier molecular flexibility index (Phi) is 4.99. The van der Waals surface area contributed by atoms with Crippen LogP contribution in [0.5, 0.6) is 0 Å². The lowest BCUT2D eigenvalue weighted by molar-refractivity contribution is 0.122. The van der Waals surface area contributed by atoms with Gasteiger partial charge in [-0.3, -0.25) is 10.00 Å². The Morgan fingerprint density at radius 1 is 0.862 bits per heavy atom. The van der Waals surface area contributed by atoms with Gasteiger partial charge in [0.2, 0.25) is 0 Å². The minimum absolute atomic E-state index is 0.734. The van der Waals surface area contributed by atoms with E-state index in [1.807, 2.05) is 31.2 Å². The number of ether oxygens (including phenoxy) is 1. The van der Waals surface area contributed by atoms with Crippen LogP contribution in [-0.2, 0) is 11.3 Å². The topological polar surface area (TPSA) is 86.3 Å². The summed E-state index contributed by atoms with van der Waals surface area (Å²) in [5, 5.41) is 7.19. The lowest BCUT2D eigenvalue weighted by Crippen LogP contribution is -2.47. The van der Waals surface area contributed by atoms with E-state index < -0.39 is 0 Å². The Morgan fingerprint density at radius 3 is 2.07 bits per heavy atom. The molecule has 0 spiro atoms. The number of nitrogens with zero attached hydrogens (tertiary/aromatic N) is 7. The molecule has 9 heteroatoms. The van der Waals surface area contributed by atoms with E-state index in [-0.39, 0.29) is 0 Å². The minimum Gasteiger partial charge on any atom is -0.378 e. The van der Waals surface area contributed by atoms with Crippen LogP contribution in [0.2, 0.25) is 0 Å². The van der Waals surface area contributed by atoms with Gasteiger partial charge in [0.25, 0.3) is 0 Å². The molecule has 0 atom stereocenters. The maximum absolute atomic E-state index is 5.54. The molecule has 5 rings (SSSR count). The standard InChI is InChI=1S/C20H26N8O/c1-15-21-18(25-24-15)14-26-6-8-27(9-7-26)19-20(28-10-12-29-13-11-28)23-17-5-3-2-4-16(17)22-19/h2-5H,6-14H2,1H3,(H,21,24,25). The van der Waals surface area contributed by atoms with Gasteiger partial charge in [-0.15, -0.1) is 0 Å². The number of hydrogen-bond donors (Lipinski definition) is 1. The van der Waals surface area contributed by atoms with Crippen molar-refractivity contribution in [2.75, 3.05) is 62.3 Å². The molecule has 2 saturated heterocycles. The third-order valence-electron chi connectivity index (χ3n) is 5.53. The van der Waals surface area contributed by atoms with E-state index in [0.29, 0.717) is 0 Å². The number of hydrogen-bond acceptors (Lipinski definition) is 8. The summed E-state index contributed by atoms with van der Waals surface area (Å²) >= 11 is 0. The molecular formula is C20H26N8O. The Morgan fingerprint density at radius 2 is 1.48 bits per heavy atom. The molecule has 9 nitrogen and oxygen atoms in total. The van der Waals surface area contributed by atoms with Gasteiger partial charge in [0.15, 0.2) is 17.5 Å². The lowest BCUT2D eigenvalue weighted by Gasteiger charge is -2.37. The number of H-pyrrole nitrogens is 1. The molecule has 0 bridgehead atoms. The van der Waals surface area contributed by atoms with E-state index in [2.05, 4.69) is 29.9 Å².